The van der Waals surface area contributed by atoms with Gasteiger partial charge in [-0.3, -0.25) is 14.6 Å². The molecule has 2 rings (SSSR count). The molecule has 154 valence electrons. The number of ether oxygens (including phenoxy) is 2. The average molecular weight is 422 g/mol. The molecule has 0 fully saturated rings. The van der Waals surface area contributed by atoms with Crippen LogP contribution < -0.4 is 15.4 Å². The van der Waals surface area contributed by atoms with Crippen LogP contribution in [0.2, 0.25) is 5.02 Å². The fourth-order valence-corrected chi connectivity index (χ4v) is 2.42. The number of pyridine rings is 1. The van der Waals surface area contributed by atoms with Crippen LogP contribution in [0.4, 0.5) is 4.39 Å². The molecular weight excluding hydrogens is 401 g/mol. The molecule has 0 aliphatic carbocycles. The maximum Gasteiger partial charge on any atom is 0.262 e. The number of halogens is 2. The fourth-order valence-electron chi connectivity index (χ4n) is 2.30. The minimum atomic E-state index is -0.632. The van der Waals surface area contributed by atoms with Gasteiger partial charge in [0, 0.05) is 44.2 Å². The Labute approximate surface area is 172 Å². The summed E-state index contributed by atoms with van der Waals surface area (Å²) in [4.78, 5) is 28.0. The second kappa shape index (κ2) is 11.1. The number of rotatable bonds is 10. The van der Waals surface area contributed by atoms with Gasteiger partial charge in [0.2, 0.25) is 0 Å². The first kappa shape index (κ1) is 22.3. The molecule has 0 saturated carbocycles. The summed E-state index contributed by atoms with van der Waals surface area (Å²) in [6, 6.07) is 5.58. The predicted octanol–water partition coefficient (Wildman–Crippen LogP) is 2.85. The summed E-state index contributed by atoms with van der Waals surface area (Å²) in [7, 11) is 1.56. The van der Waals surface area contributed by atoms with E-state index in [1.165, 1.54) is 18.3 Å². The zero-order chi connectivity index (χ0) is 21.2. The van der Waals surface area contributed by atoms with Gasteiger partial charge < -0.3 is 20.1 Å². The molecule has 0 radical (unpaired) electrons. The van der Waals surface area contributed by atoms with Crippen LogP contribution in [-0.4, -0.2) is 37.1 Å². The number of carbonyl (C=O) groups is 2. The Bertz CT molecular complexity index is 892. The molecule has 0 aliphatic rings. The summed E-state index contributed by atoms with van der Waals surface area (Å²) in [6.07, 6.45) is 3.42. The Morgan fingerprint density at radius 3 is 2.79 bits per heavy atom. The minimum Gasteiger partial charge on any atom is -0.484 e. The molecule has 0 spiro atoms. The first-order chi connectivity index (χ1) is 13.9. The van der Waals surface area contributed by atoms with Crippen molar-refractivity contribution in [1.82, 2.24) is 15.6 Å². The predicted molar refractivity (Wildman–Crippen MR) is 106 cm³/mol. The molecule has 0 bridgehead atoms. The molecule has 2 amide bonds. The standard InChI is InChI=1S/C20H21ClFN3O4/c1-13(25-19(26)12-29-16-3-4-17(21)18(22)8-16)5-6-24-20(27)15-7-14(11-28-2)9-23-10-15/h3-4,7-10H,1,5-6,11-12H2,2H3,(H,24,27)(H,25,26). The maximum atomic E-state index is 13.3. The van der Waals surface area contributed by atoms with Crippen molar-refractivity contribution in [1.29, 1.82) is 0 Å². The second-order valence-electron chi connectivity index (χ2n) is 6.04. The molecule has 2 aromatic rings. The van der Waals surface area contributed by atoms with Crippen molar-refractivity contribution in [3.05, 3.63) is 70.9 Å². The third-order valence-corrected chi connectivity index (χ3v) is 3.96. The van der Waals surface area contributed by atoms with Gasteiger partial charge in [0.1, 0.15) is 11.6 Å². The van der Waals surface area contributed by atoms with E-state index in [1.54, 1.807) is 19.4 Å². The van der Waals surface area contributed by atoms with Gasteiger partial charge in [-0.1, -0.05) is 18.2 Å². The Kier molecular flexibility index (Phi) is 8.57. The molecule has 0 saturated heterocycles. The summed E-state index contributed by atoms with van der Waals surface area (Å²) >= 11 is 5.58. The van der Waals surface area contributed by atoms with Crippen molar-refractivity contribution in [3.8, 4) is 5.75 Å². The molecule has 9 heteroatoms. The van der Waals surface area contributed by atoms with Crippen LogP contribution in [0.1, 0.15) is 22.3 Å². The van der Waals surface area contributed by atoms with Crippen LogP contribution in [0.25, 0.3) is 0 Å². The Balaban J connectivity index is 1.70. The van der Waals surface area contributed by atoms with Gasteiger partial charge in [-0.25, -0.2) is 4.39 Å². The highest BCUT2D eigenvalue weighted by atomic mass is 35.5. The van der Waals surface area contributed by atoms with E-state index in [4.69, 9.17) is 21.1 Å². The molecule has 0 unspecified atom stereocenters. The SMILES string of the molecule is C=C(CCNC(=O)c1cncc(COC)c1)NC(=O)COc1ccc(Cl)c(F)c1. The Hall–Kier alpha value is -2.97. The molecule has 1 heterocycles. The van der Waals surface area contributed by atoms with E-state index in [9.17, 15) is 14.0 Å². The first-order valence-corrected chi connectivity index (χ1v) is 9.03. The van der Waals surface area contributed by atoms with Gasteiger partial charge in [0.05, 0.1) is 17.2 Å². The smallest absolute Gasteiger partial charge is 0.262 e. The molecule has 2 N–H and O–H groups in total. The number of benzene rings is 1. The summed E-state index contributed by atoms with van der Waals surface area (Å²) in [5.41, 5.74) is 1.61. The van der Waals surface area contributed by atoms with E-state index in [-0.39, 0.29) is 29.8 Å². The lowest BCUT2D eigenvalue weighted by atomic mass is 10.2. The minimum absolute atomic E-state index is 0.0292. The van der Waals surface area contributed by atoms with Crippen LogP contribution >= 0.6 is 11.6 Å². The summed E-state index contributed by atoms with van der Waals surface area (Å²) in [5.74, 6) is -1.19. The number of hydrogen-bond donors (Lipinski definition) is 2. The zero-order valence-corrected chi connectivity index (χ0v) is 16.6. The fraction of sp³-hybridized carbons (Fsp3) is 0.250. The van der Waals surface area contributed by atoms with Crippen molar-refractivity contribution in [2.45, 2.75) is 13.0 Å². The Morgan fingerprint density at radius 2 is 2.07 bits per heavy atom. The molecule has 0 aliphatic heterocycles. The lowest BCUT2D eigenvalue weighted by Gasteiger charge is -2.11. The molecule has 29 heavy (non-hydrogen) atoms. The largest absolute Gasteiger partial charge is 0.484 e. The molecule has 1 aromatic heterocycles. The molecular formula is C20H21ClFN3O4. The lowest BCUT2D eigenvalue weighted by molar-refractivity contribution is -0.122. The van der Waals surface area contributed by atoms with Crippen LogP contribution in [0.5, 0.6) is 5.75 Å². The summed E-state index contributed by atoms with van der Waals surface area (Å²) < 4.78 is 23.5. The second-order valence-corrected chi connectivity index (χ2v) is 6.44. The van der Waals surface area contributed by atoms with Crippen molar-refractivity contribution < 1.29 is 23.5 Å². The van der Waals surface area contributed by atoms with Crippen LogP contribution in [-0.2, 0) is 16.1 Å². The van der Waals surface area contributed by atoms with Gasteiger partial charge in [-0.05, 0) is 23.8 Å². The van der Waals surface area contributed by atoms with Gasteiger partial charge in [0.15, 0.2) is 6.61 Å². The normalized spacial score (nSPS) is 10.3. The summed E-state index contributed by atoms with van der Waals surface area (Å²) in [6.45, 7) is 4.06. The zero-order valence-electron chi connectivity index (χ0n) is 15.8. The van der Waals surface area contributed by atoms with E-state index in [0.29, 0.717) is 24.3 Å². The highest BCUT2D eigenvalue weighted by molar-refractivity contribution is 6.30. The van der Waals surface area contributed by atoms with Crippen molar-refractivity contribution in [3.63, 3.8) is 0 Å². The van der Waals surface area contributed by atoms with Crippen LogP contribution in [0.3, 0.4) is 0 Å². The molecule has 0 atom stereocenters. The van der Waals surface area contributed by atoms with Gasteiger partial charge in [-0.2, -0.15) is 0 Å². The van der Waals surface area contributed by atoms with E-state index in [2.05, 4.69) is 22.2 Å². The highest BCUT2D eigenvalue weighted by Crippen LogP contribution is 2.20. The number of methoxy groups -OCH3 is 1. The van der Waals surface area contributed by atoms with Crippen LogP contribution in [0, 0.1) is 5.82 Å². The molecule has 1 aromatic carbocycles. The van der Waals surface area contributed by atoms with E-state index in [1.807, 2.05) is 0 Å². The topological polar surface area (TPSA) is 89.5 Å². The third kappa shape index (κ3) is 7.52. The van der Waals surface area contributed by atoms with Gasteiger partial charge in [-0.15, -0.1) is 0 Å². The Morgan fingerprint density at radius 1 is 1.28 bits per heavy atom. The number of carbonyl (C=O) groups excluding carboxylic acids is 2. The average Bonchev–Trinajstić information content (AvgIpc) is 2.69. The van der Waals surface area contributed by atoms with E-state index >= 15 is 0 Å². The van der Waals surface area contributed by atoms with Gasteiger partial charge >= 0.3 is 0 Å². The third-order valence-electron chi connectivity index (χ3n) is 3.66. The molecule has 7 nitrogen and oxygen atoms in total. The van der Waals surface area contributed by atoms with Crippen LogP contribution in [0.15, 0.2) is 48.9 Å². The number of nitrogens with one attached hydrogen (secondary N) is 2. The first-order valence-electron chi connectivity index (χ1n) is 8.65. The van der Waals surface area contributed by atoms with E-state index in [0.717, 1.165) is 11.6 Å². The lowest BCUT2D eigenvalue weighted by Crippen LogP contribution is -2.31. The number of amides is 2. The number of hydrogen-bond acceptors (Lipinski definition) is 5. The van der Waals surface area contributed by atoms with Crippen molar-refractivity contribution in [2.75, 3.05) is 20.3 Å². The summed E-state index contributed by atoms with van der Waals surface area (Å²) in [5, 5.41) is 5.25. The van der Waals surface area contributed by atoms with Crippen molar-refractivity contribution >= 4 is 23.4 Å². The van der Waals surface area contributed by atoms with Gasteiger partial charge in [0.25, 0.3) is 11.8 Å². The quantitative estimate of drug-likeness (QED) is 0.615. The maximum absolute atomic E-state index is 13.3. The monoisotopic (exact) mass is 421 g/mol. The highest BCUT2D eigenvalue weighted by Gasteiger charge is 2.09. The van der Waals surface area contributed by atoms with Crippen molar-refractivity contribution in [2.24, 2.45) is 0 Å². The number of aromatic nitrogens is 1. The number of nitrogens with zero attached hydrogens (tertiary/aromatic N) is 1. The van der Waals surface area contributed by atoms with E-state index < -0.39 is 11.7 Å².